The minimum absolute atomic E-state index is 0.00345. The molecule has 0 aliphatic heterocycles. The largest absolute Gasteiger partial charge is 0.480 e. The fraction of sp³-hybridized carbons (Fsp3) is 0.529. The van der Waals surface area contributed by atoms with Crippen LogP contribution in [0.1, 0.15) is 44.5 Å². The van der Waals surface area contributed by atoms with Gasteiger partial charge >= 0.3 is 12.0 Å². The Kier molecular flexibility index (Phi) is 16.0. The molecule has 0 saturated heterocycles. The third kappa shape index (κ3) is 15.0. The number of carboxylic acid groups (broad SMARTS) is 1. The number of hydrogen-bond donors (Lipinski definition) is 8. The third-order valence-corrected chi connectivity index (χ3v) is 3.20. The first-order valence-electron chi connectivity index (χ1n) is 9.11. The summed E-state index contributed by atoms with van der Waals surface area (Å²) in [6, 6.07) is -2.75. The van der Waals surface area contributed by atoms with E-state index in [2.05, 4.69) is 44.4 Å². The average Bonchev–Trinajstić information content (AvgIpc) is 3.17. The Labute approximate surface area is 185 Å². The van der Waals surface area contributed by atoms with Crippen molar-refractivity contribution in [1.82, 2.24) is 20.8 Å². The van der Waals surface area contributed by atoms with E-state index in [0.29, 0.717) is 19.4 Å². The number of nitrogens with zero attached hydrogens (tertiary/aromatic N) is 3. The Balaban J connectivity index is 0. The Morgan fingerprint density at radius 2 is 1.78 bits per heavy atom. The van der Waals surface area contributed by atoms with Gasteiger partial charge in [0.05, 0.1) is 18.7 Å². The van der Waals surface area contributed by atoms with Gasteiger partial charge in [0.2, 0.25) is 17.7 Å². The number of aliphatic imine (C=N–C) groups is 1. The highest BCUT2D eigenvalue weighted by molar-refractivity contribution is 5.82. The lowest BCUT2D eigenvalue weighted by Crippen LogP contribution is -2.51. The number of carboxylic acids is 1. The zero-order valence-electron chi connectivity index (χ0n) is 17.9. The zero-order valence-corrected chi connectivity index (χ0v) is 17.9. The molecule has 12 N–H and O–H groups in total. The van der Waals surface area contributed by atoms with Crippen molar-refractivity contribution in [2.75, 3.05) is 6.54 Å². The second-order valence-corrected chi connectivity index (χ2v) is 6.08. The minimum atomic E-state index is -1.44. The maximum atomic E-state index is 11.7. The Morgan fingerprint density at radius 3 is 2.25 bits per heavy atom. The molecule has 1 aromatic rings. The number of carbonyl (C=O) groups is 3. The van der Waals surface area contributed by atoms with E-state index >= 15 is 0 Å². The average molecular weight is 457 g/mol. The summed E-state index contributed by atoms with van der Waals surface area (Å²) in [4.78, 5) is 35.6. The monoisotopic (exact) mass is 457 g/mol. The van der Waals surface area contributed by atoms with Gasteiger partial charge in [0, 0.05) is 13.5 Å². The number of rotatable bonds is 10. The van der Waals surface area contributed by atoms with Crippen LogP contribution in [0.5, 0.6) is 0 Å². The molecular formula is C17H31N9O6. The molecular weight excluding hydrogens is 426 g/mol. The molecule has 3 atom stereocenters. The van der Waals surface area contributed by atoms with E-state index in [9.17, 15) is 19.5 Å². The normalized spacial score (nSPS) is 12.3. The number of urea groups is 1. The van der Waals surface area contributed by atoms with Crippen molar-refractivity contribution in [1.29, 1.82) is 0 Å². The lowest BCUT2D eigenvalue weighted by atomic mass is 10.2. The van der Waals surface area contributed by atoms with E-state index in [4.69, 9.17) is 26.7 Å². The van der Waals surface area contributed by atoms with Crippen molar-refractivity contribution in [3.05, 3.63) is 11.8 Å². The standard InChI is InChI=1S/C13H24N8O5.C2H5NO.C2H2/c1-6(22)9(11(23)24)19-13(25)18-5-8-20-21-10(26-8)7(14)3-2-4-17-12(15)16;1-2(3)4;1-2/h6-7,9,22H,2-5,14H2,1H3,(H,23,24)(H4,15,16,17)(H2,18,19,25);1H3,(H2,3,4);1-2H/t6?,7-,9?;;/m0../s1. The highest BCUT2D eigenvalue weighted by Gasteiger charge is 2.25. The van der Waals surface area contributed by atoms with Gasteiger partial charge in [-0.15, -0.1) is 23.0 Å². The van der Waals surface area contributed by atoms with Crippen LogP contribution in [0.15, 0.2) is 9.41 Å². The van der Waals surface area contributed by atoms with Crippen LogP contribution in [0.3, 0.4) is 0 Å². The summed E-state index contributed by atoms with van der Waals surface area (Å²) >= 11 is 0. The number of aliphatic hydroxyl groups is 1. The summed E-state index contributed by atoms with van der Waals surface area (Å²) in [6.07, 6.45) is 7.87. The number of aromatic nitrogens is 2. The molecule has 15 nitrogen and oxygen atoms in total. The van der Waals surface area contributed by atoms with E-state index in [-0.39, 0.29) is 30.2 Å². The first-order chi connectivity index (χ1) is 14.9. The van der Waals surface area contributed by atoms with Gasteiger partial charge in [0.25, 0.3) is 0 Å². The number of nitrogens with two attached hydrogens (primary N) is 4. The smallest absolute Gasteiger partial charge is 0.328 e. The molecule has 0 aromatic carbocycles. The van der Waals surface area contributed by atoms with Crippen LogP contribution in [0, 0.1) is 12.8 Å². The van der Waals surface area contributed by atoms with E-state index < -0.39 is 30.2 Å². The number of primary amides is 1. The van der Waals surface area contributed by atoms with Crippen LogP contribution in [0.4, 0.5) is 4.79 Å². The van der Waals surface area contributed by atoms with E-state index in [1.807, 2.05) is 0 Å². The Hall–Kier alpha value is -3.90. The summed E-state index contributed by atoms with van der Waals surface area (Å²) in [5.41, 5.74) is 20.8. The molecule has 3 amide bonds. The van der Waals surface area contributed by atoms with Crippen LogP contribution in [-0.4, -0.2) is 63.0 Å². The number of aliphatic carboxylic acids is 1. The van der Waals surface area contributed by atoms with Crippen LogP contribution >= 0.6 is 0 Å². The van der Waals surface area contributed by atoms with Crippen molar-refractivity contribution in [3.63, 3.8) is 0 Å². The van der Waals surface area contributed by atoms with Crippen molar-refractivity contribution >= 4 is 23.9 Å². The number of amides is 3. The number of guanidine groups is 1. The highest BCUT2D eigenvalue weighted by atomic mass is 16.4. The maximum Gasteiger partial charge on any atom is 0.328 e. The first kappa shape index (κ1) is 30.3. The summed E-state index contributed by atoms with van der Waals surface area (Å²) in [6.45, 7) is 2.84. The fourth-order valence-electron chi connectivity index (χ4n) is 1.87. The molecule has 0 spiro atoms. The molecule has 1 rings (SSSR count). The second kappa shape index (κ2) is 16.8. The Morgan fingerprint density at radius 1 is 1.22 bits per heavy atom. The predicted octanol–water partition coefficient (Wildman–Crippen LogP) is -2.50. The molecule has 0 aliphatic rings. The molecule has 32 heavy (non-hydrogen) atoms. The van der Waals surface area contributed by atoms with Gasteiger partial charge in [0.15, 0.2) is 12.0 Å². The molecule has 15 heteroatoms. The lowest BCUT2D eigenvalue weighted by molar-refractivity contribution is -0.141. The maximum absolute atomic E-state index is 11.7. The van der Waals surface area contributed by atoms with Crippen molar-refractivity contribution in [3.8, 4) is 12.8 Å². The van der Waals surface area contributed by atoms with Crippen LogP contribution < -0.4 is 33.6 Å². The third-order valence-electron chi connectivity index (χ3n) is 3.20. The number of hydrogen-bond acceptors (Lipinski definition) is 9. The molecule has 0 aliphatic carbocycles. The molecule has 0 radical (unpaired) electrons. The van der Waals surface area contributed by atoms with Crippen molar-refractivity contribution in [2.24, 2.45) is 27.9 Å². The fourth-order valence-corrected chi connectivity index (χ4v) is 1.87. The van der Waals surface area contributed by atoms with E-state index in [1.54, 1.807) is 0 Å². The second-order valence-electron chi connectivity index (χ2n) is 6.08. The molecule has 1 aromatic heterocycles. The molecule has 180 valence electrons. The van der Waals surface area contributed by atoms with Crippen LogP contribution in [0.2, 0.25) is 0 Å². The van der Waals surface area contributed by atoms with Crippen molar-refractivity contribution < 1.29 is 29.0 Å². The van der Waals surface area contributed by atoms with Gasteiger partial charge in [-0.05, 0) is 19.8 Å². The van der Waals surface area contributed by atoms with Crippen LogP contribution in [0.25, 0.3) is 0 Å². The predicted molar refractivity (Wildman–Crippen MR) is 114 cm³/mol. The highest BCUT2D eigenvalue weighted by Crippen LogP contribution is 2.14. The van der Waals surface area contributed by atoms with Crippen molar-refractivity contribution in [2.45, 2.75) is 51.4 Å². The van der Waals surface area contributed by atoms with Gasteiger partial charge in [-0.2, -0.15) is 0 Å². The first-order valence-corrected chi connectivity index (χ1v) is 9.11. The number of terminal acetylenes is 1. The summed E-state index contributed by atoms with van der Waals surface area (Å²) in [7, 11) is 0. The topological polar surface area (TPSA) is 271 Å². The number of carbonyl (C=O) groups excluding carboxylic acids is 2. The SMILES string of the molecule is C#C.CC(N)=O.CC(O)C(NC(=O)NCc1nnc([C@@H](N)CCCN=C(N)N)o1)C(=O)O. The number of aliphatic hydroxyl groups excluding tert-OH is 1. The summed E-state index contributed by atoms with van der Waals surface area (Å²) in [5, 5.41) is 30.2. The molecule has 1 heterocycles. The van der Waals surface area contributed by atoms with Gasteiger partial charge < -0.3 is 48.2 Å². The van der Waals surface area contributed by atoms with Gasteiger partial charge in [-0.3, -0.25) is 9.79 Å². The zero-order chi connectivity index (χ0) is 25.3. The summed E-state index contributed by atoms with van der Waals surface area (Å²) < 4.78 is 5.33. The molecule has 0 saturated carbocycles. The molecule has 2 unspecified atom stereocenters. The van der Waals surface area contributed by atoms with Gasteiger partial charge in [-0.25, -0.2) is 9.59 Å². The van der Waals surface area contributed by atoms with Crippen LogP contribution in [-0.2, 0) is 16.1 Å². The molecule has 0 fully saturated rings. The minimum Gasteiger partial charge on any atom is -0.480 e. The molecule has 0 bridgehead atoms. The van der Waals surface area contributed by atoms with Gasteiger partial charge in [-0.1, -0.05) is 0 Å². The number of nitrogens with one attached hydrogen (secondary N) is 2. The lowest BCUT2D eigenvalue weighted by Gasteiger charge is -2.16. The van der Waals surface area contributed by atoms with E-state index in [1.165, 1.54) is 13.8 Å². The quantitative estimate of drug-likeness (QED) is 0.0786. The van der Waals surface area contributed by atoms with E-state index in [0.717, 1.165) is 0 Å². The van der Waals surface area contributed by atoms with Gasteiger partial charge in [0.1, 0.15) is 0 Å². The Bertz CT molecular complexity index is 755. The summed E-state index contributed by atoms with van der Waals surface area (Å²) in [5.74, 6) is -1.40.